The van der Waals surface area contributed by atoms with Gasteiger partial charge in [0.25, 0.3) is 0 Å². The van der Waals surface area contributed by atoms with Crippen LogP contribution in [-0.4, -0.2) is 91.2 Å². The molecular weight excluding hydrogens is 456 g/mol. The smallest absolute Gasteiger partial charge is 0.333 e. The van der Waals surface area contributed by atoms with Gasteiger partial charge in [0.2, 0.25) is 0 Å². The molecule has 0 saturated heterocycles. The first-order valence-corrected chi connectivity index (χ1v) is 12.9. The largest absolute Gasteiger partial charge is 0.463 e. The van der Waals surface area contributed by atoms with Gasteiger partial charge in [-0.25, -0.2) is 4.79 Å². The maximum Gasteiger partial charge on any atom is 0.333 e. The van der Waals surface area contributed by atoms with Gasteiger partial charge in [0, 0.05) is 12.0 Å². The molecule has 0 spiro atoms. The first-order valence-electron chi connectivity index (χ1n) is 12.9. The Morgan fingerprint density at radius 2 is 0.914 bits per heavy atom. The van der Waals surface area contributed by atoms with E-state index in [-0.39, 0.29) is 19.2 Å². The quantitative estimate of drug-likeness (QED) is 0.0937. The highest BCUT2D eigenvalue weighted by molar-refractivity contribution is 5.86. The lowest BCUT2D eigenvalue weighted by atomic mass is 10.1. The second-order valence-electron chi connectivity index (χ2n) is 8.07. The SMILES string of the molecule is C=C(C)C(=O)OCCOCCOCCOCCOCCOCCOC(=O)CCCCCCCCC. The van der Waals surface area contributed by atoms with Crippen molar-refractivity contribution < 1.29 is 42.7 Å². The van der Waals surface area contributed by atoms with E-state index in [1.165, 1.54) is 32.1 Å². The summed E-state index contributed by atoms with van der Waals surface area (Å²) in [6.07, 6.45) is 8.79. The lowest BCUT2D eigenvalue weighted by molar-refractivity contribution is -0.145. The molecule has 0 unspecified atom stereocenters. The second kappa shape index (κ2) is 27.1. The average molecular weight is 505 g/mol. The van der Waals surface area contributed by atoms with Gasteiger partial charge in [-0.05, 0) is 13.3 Å². The first-order chi connectivity index (χ1) is 17.1. The van der Waals surface area contributed by atoms with Gasteiger partial charge < -0.3 is 33.2 Å². The van der Waals surface area contributed by atoms with E-state index in [2.05, 4.69) is 13.5 Å². The number of rotatable bonds is 27. The van der Waals surface area contributed by atoms with E-state index in [1.54, 1.807) is 6.92 Å². The molecule has 0 atom stereocenters. The minimum Gasteiger partial charge on any atom is -0.463 e. The normalized spacial score (nSPS) is 10.9. The Balaban J connectivity index is 3.16. The van der Waals surface area contributed by atoms with Crippen molar-refractivity contribution in [1.29, 1.82) is 0 Å². The summed E-state index contributed by atoms with van der Waals surface area (Å²) in [5, 5.41) is 0. The number of carbonyl (C=O) groups excluding carboxylic acids is 2. The van der Waals surface area contributed by atoms with Gasteiger partial charge in [-0.3, -0.25) is 4.79 Å². The molecule has 0 heterocycles. The molecule has 0 aromatic heterocycles. The average Bonchev–Trinajstić information content (AvgIpc) is 2.84. The molecular formula is C26H48O9. The summed E-state index contributed by atoms with van der Waals surface area (Å²) in [7, 11) is 0. The van der Waals surface area contributed by atoms with Crippen LogP contribution in [0.3, 0.4) is 0 Å². The van der Waals surface area contributed by atoms with Crippen molar-refractivity contribution in [3.63, 3.8) is 0 Å². The number of ether oxygens (including phenoxy) is 7. The van der Waals surface area contributed by atoms with Crippen LogP contribution in [0.2, 0.25) is 0 Å². The lowest BCUT2D eigenvalue weighted by Crippen LogP contribution is -2.15. The minimum atomic E-state index is -0.412. The van der Waals surface area contributed by atoms with Crippen LogP contribution < -0.4 is 0 Å². The zero-order valence-electron chi connectivity index (χ0n) is 22.0. The van der Waals surface area contributed by atoms with Crippen molar-refractivity contribution >= 4 is 11.9 Å². The van der Waals surface area contributed by atoms with Gasteiger partial charge in [-0.1, -0.05) is 52.0 Å². The van der Waals surface area contributed by atoms with Crippen LogP contribution in [0, 0.1) is 0 Å². The molecule has 0 bridgehead atoms. The van der Waals surface area contributed by atoms with Crippen LogP contribution in [0.15, 0.2) is 12.2 Å². The van der Waals surface area contributed by atoms with Crippen molar-refractivity contribution in [2.24, 2.45) is 0 Å². The number of hydrogen-bond donors (Lipinski definition) is 0. The highest BCUT2D eigenvalue weighted by Gasteiger charge is 2.03. The van der Waals surface area contributed by atoms with Gasteiger partial charge in [-0.15, -0.1) is 0 Å². The maximum absolute atomic E-state index is 11.6. The second-order valence-corrected chi connectivity index (χ2v) is 8.07. The number of unbranched alkanes of at least 4 members (excludes halogenated alkanes) is 6. The van der Waals surface area contributed by atoms with E-state index in [9.17, 15) is 9.59 Å². The molecule has 0 amide bonds. The molecule has 0 aromatic rings. The molecule has 0 aliphatic heterocycles. The van der Waals surface area contributed by atoms with Crippen LogP contribution in [0.5, 0.6) is 0 Å². The fraction of sp³-hybridized carbons (Fsp3) is 0.846. The topological polar surface area (TPSA) is 98.8 Å². The van der Waals surface area contributed by atoms with Crippen LogP contribution in [0.25, 0.3) is 0 Å². The molecule has 0 N–H and O–H groups in total. The Bertz CT molecular complexity index is 511. The lowest BCUT2D eigenvalue weighted by Gasteiger charge is -2.08. The zero-order chi connectivity index (χ0) is 25.8. The predicted octanol–water partition coefficient (Wildman–Crippen LogP) is 3.87. The molecule has 9 nitrogen and oxygen atoms in total. The summed E-state index contributed by atoms with van der Waals surface area (Å²) in [5.74, 6) is -0.556. The standard InChI is InChI=1S/C26H48O9/c1-4-5-6-7-8-9-10-11-25(27)34-22-20-32-18-16-30-14-12-29-13-15-31-17-19-33-21-23-35-26(28)24(2)3/h2,4-23H2,1,3H3. The van der Waals surface area contributed by atoms with Crippen molar-refractivity contribution in [3.8, 4) is 0 Å². The monoisotopic (exact) mass is 504 g/mol. The van der Waals surface area contributed by atoms with E-state index >= 15 is 0 Å². The number of hydrogen-bond acceptors (Lipinski definition) is 9. The van der Waals surface area contributed by atoms with Crippen LogP contribution in [-0.2, 0) is 42.7 Å². The number of esters is 2. The minimum absolute atomic E-state index is 0.145. The van der Waals surface area contributed by atoms with Gasteiger partial charge in [0.1, 0.15) is 13.2 Å². The Morgan fingerprint density at radius 3 is 1.34 bits per heavy atom. The van der Waals surface area contributed by atoms with Crippen molar-refractivity contribution in [2.45, 2.75) is 65.2 Å². The Hall–Kier alpha value is -1.52. The summed E-state index contributed by atoms with van der Waals surface area (Å²) >= 11 is 0. The van der Waals surface area contributed by atoms with Crippen molar-refractivity contribution in [3.05, 3.63) is 12.2 Å². The fourth-order valence-corrected chi connectivity index (χ4v) is 2.81. The van der Waals surface area contributed by atoms with Crippen LogP contribution >= 0.6 is 0 Å². The third-order valence-electron chi connectivity index (χ3n) is 4.77. The highest BCUT2D eigenvalue weighted by Crippen LogP contribution is 2.08. The maximum atomic E-state index is 11.6. The molecule has 35 heavy (non-hydrogen) atoms. The van der Waals surface area contributed by atoms with Gasteiger partial charge in [0.15, 0.2) is 0 Å². The Labute approximate surface area is 211 Å². The van der Waals surface area contributed by atoms with E-state index in [0.29, 0.717) is 78.1 Å². The van der Waals surface area contributed by atoms with E-state index in [4.69, 9.17) is 33.2 Å². The summed E-state index contributed by atoms with van der Waals surface area (Å²) < 4.78 is 36.9. The molecule has 0 aromatic carbocycles. The zero-order valence-corrected chi connectivity index (χ0v) is 22.0. The summed E-state index contributed by atoms with van der Waals surface area (Å²) in [5.41, 5.74) is 0.371. The molecule has 0 saturated carbocycles. The summed E-state index contributed by atoms with van der Waals surface area (Å²) in [6.45, 7) is 12.2. The van der Waals surface area contributed by atoms with Gasteiger partial charge in [0.05, 0.1) is 66.1 Å². The molecule has 0 aliphatic carbocycles. The molecule has 0 aliphatic rings. The molecule has 9 heteroatoms. The molecule has 206 valence electrons. The van der Waals surface area contributed by atoms with Gasteiger partial charge >= 0.3 is 11.9 Å². The predicted molar refractivity (Wildman–Crippen MR) is 133 cm³/mol. The van der Waals surface area contributed by atoms with E-state index in [0.717, 1.165) is 12.8 Å². The number of carbonyl (C=O) groups is 2. The Morgan fingerprint density at radius 1 is 0.543 bits per heavy atom. The van der Waals surface area contributed by atoms with Crippen molar-refractivity contribution in [2.75, 3.05) is 79.3 Å². The first kappa shape index (κ1) is 33.5. The fourth-order valence-electron chi connectivity index (χ4n) is 2.81. The summed E-state index contributed by atoms with van der Waals surface area (Å²) in [6, 6.07) is 0. The summed E-state index contributed by atoms with van der Waals surface area (Å²) in [4.78, 5) is 22.8. The highest BCUT2D eigenvalue weighted by atomic mass is 16.6. The van der Waals surface area contributed by atoms with Crippen molar-refractivity contribution in [1.82, 2.24) is 0 Å². The molecule has 0 radical (unpaired) electrons. The molecule has 0 rings (SSSR count). The van der Waals surface area contributed by atoms with E-state index in [1.807, 2.05) is 0 Å². The van der Waals surface area contributed by atoms with E-state index < -0.39 is 5.97 Å². The molecule has 0 fully saturated rings. The third-order valence-corrected chi connectivity index (χ3v) is 4.77. The Kier molecular flexibility index (Phi) is 25.9. The third kappa shape index (κ3) is 26.9. The van der Waals surface area contributed by atoms with Gasteiger partial charge in [-0.2, -0.15) is 0 Å². The van der Waals surface area contributed by atoms with Crippen LogP contribution in [0.1, 0.15) is 65.2 Å². The van der Waals surface area contributed by atoms with Crippen LogP contribution in [0.4, 0.5) is 0 Å².